The number of nitrogens with zero attached hydrogens (tertiary/aromatic N) is 2. The molecule has 1 saturated carbocycles. The molecule has 1 N–H and O–H groups in total. The van der Waals surface area contributed by atoms with Crippen LogP contribution in [0.3, 0.4) is 0 Å². The number of hydrazone groups is 1. The van der Waals surface area contributed by atoms with Crippen LogP contribution in [0.25, 0.3) is 6.08 Å². The summed E-state index contributed by atoms with van der Waals surface area (Å²) in [5.41, 5.74) is 1.58. The smallest absolute Gasteiger partial charge is 0.280 e. The lowest BCUT2D eigenvalue weighted by atomic mass is 9.77. The summed E-state index contributed by atoms with van der Waals surface area (Å²) < 4.78 is 95.5. The van der Waals surface area contributed by atoms with Gasteiger partial charge < -0.3 is 0 Å². The molecule has 2 atom stereocenters. The van der Waals surface area contributed by atoms with Crippen LogP contribution < -0.4 is 4.72 Å². The molecule has 0 saturated heterocycles. The average molecular weight is 652 g/mol. The molecule has 0 aromatic heterocycles. The molecule has 1 amide bonds. The SMILES string of the molecule is O=C(c1cccc(S(=O)(=O)Nc2cccc(C(F)(F)F)c2)c1)N1N=C2/C(=C/c3ccc(F)cc3)CCC[C@@H]2[C@@H]1c1ccc(F)cc1. The maximum Gasteiger partial charge on any atom is 0.416 e. The Bertz CT molecular complexity index is 1960. The largest absolute Gasteiger partial charge is 0.416 e. The van der Waals surface area contributed by atoms with Crippen LogP contribution in [-0.2, 0) is 16.2 Å². The van der Waals surface area contributed by atoms with Crippen molar-refractivity contribution in [1.29, 1.82) is 0 Å². The first kappa shape index (κ1) is 31.2. The van der Waals surface area contributed by atoms with Gasteiger partial charge in [-0.1, -0.05) is 36.4 Å². The van der Waals surface area contributed by atoms with E-state index in [-0.39, 0.29) is 27.9 Å². The Balaban J connectivity index is 1.35. The lowest BCUT2D eigenvalue weighted by Gasteiger charge is -2.29. The number of rotatable bonds is 6. The number of carbonyl (C=O) groups is 1. The van der Waals surface area contributed by atoms with E-state index in [1.807, 2.05) is 6.08 Å². The number of hydrogen-bond acceptors (Lipinski definition) is 4. The molecule has 6 nitrogen and oxygen atoms in total. The van der Waals surface area contributed by atoms with Crippen molar-refractivity contribution in [3.8, 4) is 0 Å². The van der Waals surface area contributed by atoms with E-state index in [9.17, 15) is 35.2 Å². The quantitative estimate of drug-likeness (QED) is 0.214. The highest BCUT2D eigenvalue weighted by molar-refractivity contribution is 7.92. The summed E-state index contributed by atoms with van der Waals surface area (Å²) in [6.07, 6.45) is -0.643. The van der Waals surface area contributed by atoms with E-state index in [1.54, 1.807) is 24.3 Å². The fourth-order valence-electron chi connectivity index (χ4n) is 5.82. The first-order valence-corrected chi connectivity index (χ1v) is 15.8. The number of fused-ring (bicyclic) bond motifs is 1. The Morgan fingerprint density at radius 2 is 1.57 bits per heavy atom. The zero-order valence-electron chi connectivity index (χ0n) is 24.0. The Morgan fingerprint density at radius 1 is 0.891 bits per heavy atom. The highest BCUT2D eigenvalue weighted by Gasteiger charge is 2.44. The summed E-state index contributed by atoms with van der Waals surface area (Å²) >= 11 is 0. The second-order valence-corrected chi connectivity index (χ2v) is 12.7. The molecule has 1 heterocycles. The summed E-state index contributed by atoms with van der Waals surface area (Å²) in [4.78, 5) is 13.7. The van der Waals surface area contributed by atoms with Crippen LogP contribution in [-0.4, -0.2) is 25.0 Å². The van der Waals surface area contributed by atoms with Crippen molar-refractivity contribution in [2.45, 2.75) is 36.4 Å². The van der Waals surface area contributed by atoms with E-state index >= 15 is 0 Å². The third kappa shape index (κ3) is 6.43. The highest BCUT2D eigenvalue weighted by atomic mass is 32.2. The van der Waals surface area contributed by atoms with Crippen molar-refractivity contribution < 1.29 is 35.2 Å². The molecular weight excluding hydrogens is 625 g/mol. The van der Waals surface area contributed by atoms with Gasteiger partial charge in [0, 0.05) is 17.2 Å². The summed E-state index contributed by atoms with van der Waals surface area (Å²) in [7, 11) is -4.39. The zero-order chi connectivity index (χ0) is 32.6. The maximum atomic E-state index is 14.1. The molecule has 0 radical (unpaired) electrons. The standard InChI is InChI=1S/C34H26F5N3O3S/c35-26-14-10-21(11-15-26)18-23-4-2-9-30-31(23)40-42(32(30)22-12-16-27(36)17-13-22)33(43)24-5-1-8-29(19-24)46(44,45)41-28-7-3-6-25(20-28)34(37,38)39/h1,3,5-8,10-20,30,32,41H,2,4,9H2/b23-18+/t30-,32-/m0/s1. The average Bonchev–Trinajstić information content (AvgIpc) is 3.42. The van der Waals surface area contributed by atoms with Crippen molar-refractivity contribution >= 4 is 33.4 Å². The van der Waals surface area contributed by atoms with Gasteiger partial charge in [-0.15, -0.1) is 0 Å². The van der Waals surface area contributed by atoms with Crippen molar-refractivity contribution in [2.75, 3.05) is 4.72 Å². The van der Waals surface area contributed by atoms with Gasteiger partial charge in [-0.2, -0.15) is 18.3 Å². The minimum Gasteiger partial charge on any atom is -0.280 e. The van der Waals surface area contributed by atoms with E-state index in [0.717, 1.165) is 35.8 Å². The minimum absolute atomic E-state index is 0.0221. The predicted molar refractivity (Wildman–Crippen MR) is 163 cm³/mol. The number of carbonyl (C=O) groups excluding carboxylic acids is 1. The molecule has 4 aromatic carbocycles. The maximum absolute atomic E-state index is 14.1. The predicted octanol–water partition coefficient (Wildman–Crippen LogP) is 8.22. The Hall–Kier alpha value is -4.84. The Labute approximate surface area is 261 Å². The number of halogens is 5. The molecular formula is C34H26F5N3O3S. The van der Waals surface area contributed by atoms with Gasteiger partial charge in [0.25, 0.3) is 15.9 Å². The number of benzene rings is 4. The lowest BCUT2D eigenvalue weighted by Crippen LogP contribution is -2.32. The molecule has 236 valence electrons. The molecule has 2 aliphatic rings. The zero-order valence-corrected chi connectivity index (χ0v) is 24.8. The first-order valence-electron chi connectivity index (χ1n) is 14.3. The van der Waals surface area contributed by atoms with Crippen molar-refractivity contribution in [2.24, 2.45) is 11.0 Å². The number of hydrogen-bond donors (Lipinski definition) is 1. The van der Waals surface area contributed by atoms with E-state index < -0.39 is 39.5 Å². The molecule has 1 aliphatic heterocycles. The molecule has 46 heavy (non-hydrogen) atoms. The molecule has 0 bridgehead atoms. The number of nitrogens with one attached hydrogen (secondary N) is 1. The second-order valence-electron chi connectivity index (χ2n) is 11.1. The number of amides is 1. The van der Waals surface area contributed by atoms with E-state index in [1.165, 1.54) is 53.5 Å². The van der Waals surface area contributed by atoms with Gasteiger partial charge in [0.05, 0.1) is 22.2 Å². The van der Waals surface area contributed by atoms with Crippen LogP contribution in [0.1, 0.15) is 52.4 Å². The normalized spacial score (nSPS) is 19.1. The fraction of sp³-hybridized carbons (Fsp3) is 0.176. The van der Waals surface area contributed by atoms with Gasteiger partial charge in [0.15, 0.2) is 0 Å². The topological polar surface area (TPSA) is 78.8 Å². The first-order chi connectivity index (χ1) is 21.9. The molecule has 1 fully saturated rings. The third-order valence-electron chi connectivity index (χ3n) is 7.97. The van der Waals surface area contributed by atoms with Gasteiger partial charge in [-0.3, -0.25) is 9.52 Å². The molecule has 4 aromatic rings. The molecule has 6 rings (SSSR count). The third-order valence-corrected chi connectivity index (χ3v) is 9.34. The van der Waals surface area contributed by atoms with Crippen molar-refractivity contribution in [1.82, 2.24) is 5.01 Å². The fourth-order valence-corrected chi connectivity index (χ4v) is 6.92. The van der Waals surface area contributed by atoms with Gasteiger partial charge in [-0.05, 0) is 103 Å². The molecule has 0 spiro atoms. The van der Waals surface area contributed by atoms with Crippen LogP contribution in [0.2, 0.25) is 0 Å². The molecule has 1 aliphatic carbocycles. The summed E-state index contributed by atoms with van der Waals surface area (Å²) in [5, 5.41) is 6.03. The van der Waals surface area contributed by atoms with Gasteiger partial charge in [0.1, 0.15) is 11.6 Å². The van der Waals surface area contributed by atoms with Crippen LogP contribution in [0.15, 0.2) is 113 Å². The Morgan fingerprint density at radius 3 is 2.26 bits per heavy atom. The van der Waals surface area contributed by atoms with Gasteiger partial charge in [0.2, 0.25) is 0 Å². The van der Waals surface area contributed by atoms with Crippen LogP contribution in [0.4, 0.5) is 27.6 Å². The van der Waals surface area contributed by atoms with Crippen LogP contribution in [0, 0.1) is 17.6 Å². The van der Waals surface area contributed by atoms with E-state index in [2.05, 4.69) is 4.72 Å². The van der Waals surface area contributed by atoms with Crippen LogP contribution in [0.5, 0.6) is 0 Å². The number of alkyl halides is 3. The van der Waals surface area contributed by atoms with E-state index in [4.69, 9.17) is 5.10 Å². The highest BCUT2D eigenvalue weighted by Crippen LogP contribution is 2.45. The van der Waals surface area contributed by atoms with Crippen LogP contribution >= 0.6 is 0 Å². The summed E-state index contributed by atoms with van der Waals surface area (Å²) in [6.45, 7) is 0. The van der Waals surface area contributed by atoms with Gasteiger partial charge in [-0.25, -0.2) is 22.2 Å². The molecule has 12 heteroatoms. The lowest BCUT2D eigenvalue weighted by molar-refractivity contribution is -0.137. The molecule has 0 unspecified atom stereocenters. The number of sulfonamides is 1. The van der Waals surface area contributed by atoms with Crippen molar-refractivity contribution in [3.05, 3.63) is 137 Å². The second kappa shape index (κ2) is 12.2. The van der Waals surface area contributed by atoms with Crippen molar-refractivity contribution in [3.63, 3.8) is 0 Å². The summed E-state index contributed by atoms with van der Waals surface area (Å²) in [5.74, 6) is -1.69. The number of allylic oxidation sites excluding steroid dienone is 1. The number of anilines is 1. The Kier molecular flexibility index (Phi) is 8.24. The van der Waals surface area contributed by atoms with E-state index in [0.29, 0.717) is 30.2 Å². The monoisotopic (exact) mass is 651 g/mol. The van der Waals surface area contributed by atoms with Gasteiger partial charge >= 0.3 is 6.18 Å². The summed E-state index contributed by atoms with van der Waals surface area (Å²) in [6, 6.07) is 20.0. The minimum atomic E-state index is -4.67.